The van der Waals surface area contributed by atoms with Crippen LogP contribution in [0.5, 0.6) is 5.75 Å². The summed E-state index contributed by atoms with van der Waals surface area (Å²) < 4.78 is 15.7. The van der Waals surface area contributed by atoms with Crippen molar-refractivity contribution in [2.24, 2.45) is 0 Å². The van der Waals surface area contributed by atoms with Crippen molar-refractivity contribution >= 4 is 22.6 Å². The highest BCUT2D eigenvalue weighted by Gasteiger charge is 2.19. The maximum atomic E-state index is 12.0. The van der Waals surface area contributed by atoms with Crippen molar-refractivity contribution in [3.63, 3.8) is 0 Å². The number of hydrogen-bond acceptors (Lipinski definition) is 7. The summed E-state index contributed by atoms with van der Waals surface area (Å²) in [5, 5.41) is 12.0. The lowest BCUT2D eigenvalue weighted by atomic mass is 9.95. The predicted molar refractivity (Wildman–Crippen MR) is 110 cm³/mol. The zero-order chi connectivity index (χ0) is 22.0. The van der Waals surface area contributed by atoms with E-state index in [4.69, 9.17) is 9.15 Å². The first-order valence-electron chi connectivity index (χ1n) is 9.28. The number of nitro groups is 1. The molecule has 0 radical (unpaired) electrons. The third kappa shape index (κ3) is 4.17. The van der Waals surface area contributed by atoms with Crippen LogP contribution < -0.4 is 10.4 Å². The maximum absolute atomic E-state index is 12.0. The van der Waals surface area contributed by atoms with Crippen molar-refractivity contribution in [3.05, 3.63) is 79.2 Å². The van der Waals surface area contributed by atoms with Gasteiger partial charge in [0.05, 0.1) is 17.6 Å². The molecule has 1 aromatic heterocycles. The summed E-state index contributed by atoms with van der Waals surface area (Å²) in [4.78, 5) is 34.5. The molecule has 0 unspecified atom stereocenters. The number of rotatable bonds is 6. The minimum Gasteiger partial charge on any atom is -0.482 e. The van der Waals surface area contributed by atoms with Gasteiger partial charge in [-0.25, -0.2) is 9.59 Å². The van der Waals surface area contributed by atoms with Crippen LogP contribution in [0.25, 0.3) is 11.0 Å². The number of methoxy groups -OCH3 is 1. The summed E-state index contributed by atoms with van der Waals surface area (Å²) in [6, 6.07) is 8.77. The summed E-state index contributed by atoms with van der Waals surface area (Å²) in [6.07, 6.45) is 0. The Balaban J connectivity index is 2.05. The first kappa shape index (κ1) is 21.0. The van der Waals surface area contributed by atoms with Gasteiger partial charge in [0.2, 0.25) is 0 Å². The molecule has 0 aliphatic heterocycles. The van der Waals surface area contributed by atoms with Gasteiger partial charge in [0, 0.05) is 29.1 Å². The fourth-order valence-corrected chi connectivity index (χ4v) is 3.31. The van der Waals surface area contributed by atoms with Gasteiger partial charge in [-0.3, -0.25) is 10.1 Å². The number of fused-ring (bicyclic) bond motifs is 1. The Morgan fingerprint density at radius 2 is 1.93 bits per heavy atom. The van der Waals surface area contributed by atoms with E-state index in [1.807, 2.05) is 13.0 Å². The van der Waals surface area contributed by atoms with Gasteiger partial charge < -0.3 is 13.9 Å². The van der Waals surface area contributed by atoms with E-state index in [2.05, 4.69) is 18.6 Å². The second kappa shape index (κ2) is 8.36. The van der Waals surface area contributed by atoms with E-state index in [0.717, 1.165) is 11.1 Å². The van der Waals surface area contributed by atoms with Gasteiger partial charge in [-0.15, -0.1) is 0 Å². The smallest absolute Gasteiger partial charge is 0.337 e. The Hall–Kier alpha value is -3.68. The second-order valence-electron chi connectivity index (χ2n) is 7.17. The predicted octanol–water partition coefficient (Wildman–Crippen LogP) is 4.50. The number of hydrogen-bond donors (Lipinski definition) is 0. The second-order valence-corrected chi connectivity index (χ2v) is 7.17. The molecule has 3 rings (SSSR count). The van der Waals surface area contributed by atoms with Crippen molar-refractivity contribution in [1.82, 2.24) is 0 Å². The monoisotopic (exact) mass is 411 g/mol. The van der Waals surface area contributed by atoms with Crippen LogP contribution in [0.3, 0.4) is 0 Å². The molecule has 0 N–H and O–H groups in total. The van der Waals surface area contributed by atoms with E-state index >= 15 is 0 Å². The molecular weight excluding hydrogens is 390 g/mol. The van der Waals surface area contributed by atoms with Crippen molar-refractivity contribution in [3.8, 4) is 5.75 Å². The van der Waals surface area contributed by atoms with Crippen molar-refractivity contribution in [2.45, 2.75) is 33.3 Å². The molecule has 0 aliphatic rings. The van der Waals surface area contributed by atoms with Gasteiger partial charge in [-0.05, 0) is 42.2 Å². The molecule has 30 heavy (non-hydrogen) atoms. The summed E-state index contributed by atoms with van der Waals surface area (Å²) in [5.74, 6) is -0.481. The molecule has 0 amide bonds. The summed E-state index contributed by atoms with van der Waals surface area (Å²) in [7, 11) is 1.22. The molecule has 0 spiro atoms. The SMILES string of the molecule is COC(=O)c1ccc([N+](=O)[O-])c(OCc2cc(=O)oc3cc(C)c(C(C)C)cc23)c1. The lowest BCUT2D eigenvalue weighted by Gasteiger charge is -2.14. The highest BCUT2D eigenvalue weighted by atomic mass is 16.6. The lowest BCUT2D eigenvalue weighted by Crippen LogP contribution is -2.07. The minimum absolute atomic E-state index is 0.0968. The number of carbonyl (C=O) groups excluding carboxylic acids is 1. The van der Waals surface area contributed by atoms with Gasteiger partial charge in [0.25, 0.3) is 0 Å². The number of benzene rings is 2. The summed E-state index contributed by atoms with van der Waals surface area (Å²) >= 11 is 0. The van der Waals surface area contributed by atoms with Crippen LogP contribution in [-0.2, 0) is 11.3 Å². The van der Waals surface area contributed by atoms with Crippen molar-refractivity contribution in [1.29, 1.82) is 0 Å². The standard InChI is InChI=1S/C22H21NO7/c1-12(2)16-10-17-15(9-21(24)30-19(17)7-13(16)3)11-29-20-8-14(22(25)28-4)5-6-18(20)23(26)27/h5-10,12H,11H2,1-4H3. The van der Waals surface area contributed by atoms with E-state index in [0.29, 0.717) is 16.5 Å². The third-order valence-corrected chi connectivity index (χ3v) is 4.80. The lowest BCUT2D eigenvalue weighted by molar-refractivity contribution is -0.385. The number of ether oxygens (including phenoxy) is 2. The fraction of sp³-hybridized carbons (Fsp3) is 0.273. The van der Waals surface area contributed by atoms with Crippen LogP contribution in [0.1, 0.15) is 46.8 Å². The van der Waals surface area contributed by atoms with Gasteiger partial charge in [-0.1, -0.05) is 13.8 Å². The molecule has 0 atom stereocenters. The Kier molecular flexibility index (Phi) is 5.86. The van der Waals surface area contributed by atoms with Gasteiger partial charge in [0.15, 0.2) is 5.75 Å². The molecule has 8 heteroatoms. The Morgan fingerprint density at radius 3 is 2.57 bits per heavy atom. The molecular formula is C22H21NO7. The average Bonchev–Trinajstić information content (AvgIpc) is 2.70. The molecule has 0 fully saturated rings. The molecule has 2 aromatic carbocycles. The first-order valence-corrected chi connectivity index (χ1v) is 9.28. The average molecular weight is 411 g/mol. The molecule has 0 saturated heterocycles. The van der Waals surface area contributed by atoms with Gasteiger partial charge in [-0.2, -0.15) is 0 Å². The van der Waals surface area contributed by atoms with Crippen LogP contribution in [-0.4, -0.2) is 18.0 Å². The highest BCUT2D eigenvalue weighted by molar-refractivity contribution is 5.90. The molecule has 0 bridgehead atoms. The number of nitro benzene ring substituents is 1. The number of aryl methyl sites for hydroxylation is 1. The molecule has 8 nitrogen and oxygen atoms in total. The zero-order valence-corrected chi connectivity index (χ0v) is 17.1. The molecule has 3 aromatic rings. The van der Waals surface area contributed by atoms with Gasteiger partial charge in [0.1, 0.15) is 12.2 Å². The number of esters is 1. The van der Waals surface area contributed by atoms with Crippen LogP contribution in [0.4, 0.5) is 5.69 Å². The van der Waals surface area contributed by atoms with Crippen molar-refractivity contribution in [2.75, 3.05) is 7.11 Å². The topological polar surface area (TPSA) is 109 Å². The Morgan fingerprint density at radius 1 is 1.20 bits per heavy atom. The van der Waals surface area contributed by atoms with E-state index in [1.54, 1.807) is 6.07 Å². The van der Waals surface area contributed by atoms with Crippen LogP contribution in [0.15, 0.2) is 45.6 Å². The van der Waals surface area contributed by atoms with E-state index in [1.165, 1.54) is 31.4 Å². The molecule has 0 saturated carbocycles. The Labute approximate surface area is 172 Å². The van der Waals surface area contributed by atoms with Gasteiger partial charge >= 0.3 is 17.3 Å². The Bertz CT molecular complexity index is 1190. The highest BCUT2D eigenvalue weighted by Crippen LogP contribution is 2.31. The van der Waals surface area contributed by atoms with Crippen LogP contribution in [0, 0.1) is 17.0 Å². The summed E-state index contributed by atoms with van der Waals surface area (Å²) in [5.41, 5.74) is 2.32. The van der Waals surface area contributed by atoms with Crippen molar-refractivity contribution < 1.29 is 23.6 Å². The third-order valence-electron chi connectivity index (χ3n) is 4.80. The van der Waals surface area contributed by atoms with Crippen LogP contribution in [0.2, 0.25) is 0 Å². The fourth-order valence-electron chi connectivity index (χ4n) is 3.31. The summed E-state index contributed by atoms with van der Waals surface area (Å²) in [6.45, 7) is 5.95. The van der Waals surface area contributed by atoms with E-state index < -0.39 is 16.5 Å². The largest absolute Gasteiger partial charge is 0.482 e. The van der Waals surface area contributed by atoms with Crippen LogP contribution >= 0.6 is 0 Å². The normalized spacial score (nSPS) is 11.0. The number of nitrogens with zero attached hydrogens (tertiary/aromatic N) is 1. The first-order chi connectivity index (χ1) is 14.2. The molecule has 0 aliphatic carbocycles. The zero-order valence-electron chi connectivity index (χ0n) is 17.1. The van der Waals surface area contributed by atoms with E-state index in [9.17, 15) is 19.7 Å². The number of carbonyl (C=O) groups is 1. The molecule has 156 valence electrons. The maximum Gasteiger partial charge on any atom is 0.337 e. The van der Waals surface area contributed by atoms with E-state index in [-0.39, 0.29) is 29.5 Å². The minimum atomic E-state index is -0.641. The molecule has 1 heterocycles. The quantitative estimate of drug-likeness (QED) is 0.254.